The van der Waals surface area contributed by atoms with E-state index in [1.165, 1.54) is 6.07 Å². The van der Waals surface area contributed by atoms with Crippen molar-refractivity contribution in [3.05, 3.63) is 59.4 Å². The highest BCUT2D eigenvalue weighted by Crippen LogP contribution is 2.20. The van der Waals surface area contributed by atoms with Gasteiger partial charge in [-0.3, -0.25) is 0 Å². The Morgan fingerprint density at radius 1 is 1.18 bits per heavy atom. The number of aromatic hydroxyl groups is 1. The van der Waals surface area contributed by atoms with Crippen LogP contribution in [0.1, 0.15) is 11.1 Å². The highest BCUT2D eigenvalue weighted by Gasteiger charge is 2.03. The molecule has 0 aliphatic heterocycles. The highest BCUT2D eigenvalue weighted by molar-refractivity contribution is 5.35. The second kappa shape index (κ2) is 4.87. The Morgan fingerprint density at radius 2 is 1.94 bits per heavy atom. The molecule has 17 heavy (non-hydrogen) atoms. The molecule has 2 aromatic carbocycles. The standard InChI is InChI=1S/C14H13FO2/c1-10-8-11(6-7-13(10)16)9-17-14-5-3-2-4-12(14)15/h2-8,16H,9H2,1H3. The van der Waals surface area contributed by atoms with Crippen molar-refractivity contribution in [1.29, 1.82) is 0 Å². The molecule has 0 fully saturated rings. The molecule has 0 unspecified atom stereocenters. The normalized spacial score (nSPS) is 10.2. The minimum Gasteiger partial charge on any atom is -0.508 e. The Labute approximate surface area is 99.3 Å². The predicted molar refractivity (Wildman–Crippen MR) is 63.6 cm³/mol. The quantitative estimate of drug-likeness (QED) is 0.878. The first-order valence-corrected chi connectivity index (χ1v) is 5.32. The molecule has 0 radical (unpaired) electrons. The fourth-order valence-corrected chi connectivity index (χ4v) is 1.53. The first-order chi connectivity index (χ1) is 8.16. The average Bonchev–Trinajstić information content (AvgIpc) is 2.32. The van der Waals surface area contributed by atoms with Crippen molar-refractivity contribution < 1.29 is 14.2 Å². The van der Waals surface area contributed by atoms with Crippen molar-refractivity contribution in [2.24, 2.45) is 0 Å². The monoisotopic (exact) mass is 232 g/mol. The number of phenolic OH excluding ortho intramolecular Hbond substituents is 1. The lowest BCUT2D eigenvalue weighted by atomic mass is 10.1. The Bertz CT molecular complexity index is 523. The molecule has 88 valence electrons. The van der Waals surface area contributed by atoms with Gasteiger partial charge in [0.2, 0.25) is 0 Å². The Hall–Kier alpha value is -2.03. The molecule has 0 saturated heterocycles. The molecule has 3 heteroatoms. The van der Waals surface area contributed by atoms with Gasteiger partial charge in [-0.25, -0.2) is 4.39 Å². The summed E-state index contributed by atoms with van der Waals surface area (Å²) in [4.78, 5) is 0. The maximum atomic E-state index is 13.3. The van der Waals surface area contributed by atoms with Crippen molar-refractivity contribution in [2.45, 2.75) is 13.5 Å². The van der Waals surface area contributed by atoms with E-state index in [2.05, 4.69) is 0 Å². The lowest BCUT2D eigenvalue weighted by Gasteiger charge is -2.08. The zero-order valence-corrected chi connectivity index (χ0v) is 9.48. The van der Waals surface area contributed by atoms with E-state index in [1.807, 2.05) is 13.0 Å². The molecule has 2 nitrogen and oxygen atoms in total. The van der Waals surface area contributed by atoms with Crippen molar-refractivity contribution in [1.82, 2.24) is 0 Å². The summed E-state index contributed by atoms with van der Waals surface area (Å²) in [6.07, 6.45) is 0. The third-order valence-electron chi connectivity index (χ3n) is 2.49. The number of aryl methyl sites for hydroxylation is 1. The molecule has 0 atom stereocenters. The summed E-state index contributed by atoms with van der Waals surface area (Å²) in [5.41, 5.74) is 1.67. The van der Waals surface area contributed by atoms with Gasteiger partial charge in [0.15, 0.2) is 11.6 Å². The summed E-state index contributed by atoms with van der Waals surface area (Å²) in [7, 11) is 0. The van der Waals surface area contributed by atoms with Gasteiger partial charge in [0.05, 0.1) is 0 Å². The topological polar surface area (TPSA) is 29.5 Å². The van der Waals surface area contributed by atoms with Crippen molar-refractivity contribution in [2.75, 3.05) is 0 Å². The fraction of sp³-hybridized carbons (Fsp3) is 0.143. The number of rotatable bonds is 3. The van der Waals surface area contributed by atoms with Crippen LogP contribution in [0.25, 0.3) is 0 Å². The summed E-state index contributed by atoms with van der Waals surface area (Å²) >= 11 is 0. The number of para-hydroxylation sites is 1. The second-order valence-corrected chi connectivity index (χ2v) is 3.84. The van der Waals surface area contributed by atoms with E-state index in [0.29, 0.717) is 0 Å². The molecule has 0 saturated carbocycles. The molecular weight excluding hydrogens is 219 g/mol. The van der Waals surface area contributed by atoms with E-state index >= 15 is 0 Å². The minimum absolute atomic E-state index is 0.234. The predicted octanol–water partition coefficient (Wildman–Crippen LogP) is 3.42. The number of halogens is 1. The van der Waals surface area contributed by atoms with Gasteiger partial charge in [0.25, 0.3) is 0 Å². The number of phenols is 1. The number of hydrogen-bond donors (Lipinski definition) is 1. The number of hydrogen-bond acceptors (Lipinski definition) is 2. The third kappa shape index (κ3) is 2.75. The summed E-state index contributed by atoms with van der Waals surface area (Å²) in [5, 5.41) is 9.37. The van der Waals surface area contributed by atoms with Crippen molar-refractivity contribution in [3.63, 3.8) is 0 Å². The molecule has 0 amide bonds. The van der Waals surface area contributed by atoms with Crippen molar-refractivity contribution in [3.8, 4) is 11.5 Å². The maximum Gasteiger partial charge on any atom is 0.165 e. The van der Waals surface area contributed by atoms with Gasteiger partial charge in [0.1, 0.15) is 12.4 Å². The van der Waals surface area contributed by atoms with Gasteiger partial charge in [-0.2, -0.15) is 0 Å². The zero-order valence-electron chi connectivity index (χ0n) is 9.48. The van der Waals surface area contributed by atoms with Gasteiger partial charge in [-0.1, -0.05) is 18.2 Å². The van der Waals surface area contributed by atoms with Crippen LogP contribution in [0, 0.1) is 12.7 Å². The van der Waals surface area contributed by atoms with Gasteiger partial charge in [0, 0.05) is 0 Å². The van der Waals surface area contributed by atoms with Gasteiger partial charge in [-0.05, 0) is 42.3 Å². The molecule has 0 aliphatic carbocycles. The summed E-state index contributed by atoms with van der Waals surface area (Å²) in [6.45, 7) is 2.09. The van der Waals surface area contributed by atoms with Crippen LogP contribution in [0.15, 0.2) is 42.5 Å². The SMILES string of the molecule is Cc1cc(COc2ccccc2F)ccc1O. The van der Waals surface area contributed by atoms with Crippen LogP contribution in [-0.2, 0) is 6.61 Å². The van der Waals surface area contributed by atoms with E-state index in [-0.39, 0.29) is 23.9 Å². The van der Waals surface area contributed by atoms with E-state index in [9.17, 15) is 9.50 Å². The first-order valence-electron chi connectivity index (χ1n) is 5.32. The summed E-state index contributed by atoms with van der Waals surface area (Å²) < 4.78 is 18.6. The summed E-state index contributed by atoms with van der Waals surface area (Å²) in [5.74, 6) is 0.112. The van der Waals surface area contributed by atoms with Crippen LogP contribution >= 0.6 is 0 Å². The molecule has 0 bridgehead atoms. The zero-order chi connectivity index (χ0) is 12.3. The lowest BCUT2D eigenvalue weighted by molar-refractivity contribution is 0.290. The fourth-order valence-electron chi connectivity index (χ4n) is 1.53. The summed E-state index contributed by atoms with van der Waals surface area (Å²) in [6, 6.07) is 11.5. The molecule has 2 aromatic rings. The van der Waals surface area contributed by atoms with E-state index in [1.54, 1.807) is 30.3 Å². The minimum atomic E-state index is -0.372. The van der Waals surface area contributed by atoms with Crippen molar-refractivity contribution >= 4 is 0 Å². The first kappa shape index (κ1) is 11.5. The van der Waals surface area contributed by atoms with Gasteiger partial charge < -0.3 is 9.84 Å². The van der Waals surface area contributed by atoms with Crippen LogP contribution in [0.4, 0.5) is 4.39 Å². The van der Waals surface area contributed by atoms with E-state index < -0.39 is 0 Å². The molecule has 0 aliphatic rings. The number of ether oxygens (including phenoxy) is 1. The van der Waals surface area contributed by atoms with E-state index in [4.69, 9.17) is 4.74 Å². The van der Waals surface area contributed by atoms with Crippen LogP contribution in [0.3, 0.4) is 0 Å². The van der Waals surface area contributed by atoms with Crippen LogP contribution < -0.4 is 4.74 Å². The molecule has 2 rings (SSSR count). The Kier molecular flexibility index (Phi) is 3.28. The van der Waals surface area contributed by atoms with Gasteiger partial charge in [-0.15, -0.1) is 0 Å². The maximum absolute atomic E-state index is 13.3. The largest absolute Gasteiger partial charge is 0.508 e. The molecule has 1 N–H and O–H groups in total. The van der Waals surface area contributed by atoms with Crippen LogP contribution in [0.2, 0.25) is 0 Å². The smallest absolute Gasteiger partial charge is 0.165 e. The molecular formula is C14H13FO2. The van der Waals surface area contributed by atoms with Gasteiger partial charge >= 0.3 is 0 Å². The third-order valence-corrected chi connectivity index (χ3v) is 2.49. The second-order valence-electron chi connectivity index (χ2n) is 3.84. The highest BCUT2D eigenvalue weighted by atomic mass is 19.1. The van der Waals surface area contributed by atoms with Crippen LogP contribution in [-0.4, -0.2) is 5.11 Å². The van der Waals surface area contributed by atoms with E-state index in [0.717, 1.165) is 11.1 Å². The lowest BCUT2D eigenvalue weighted by Crippen LogP contribution is -1.97. The Morgan fingerprint density at radius 3 is 2.65 bits per heavy atom. The Balaban J connectivity index is 2.08. The molecule has 0 heterocycles. The average molecular weight is 232 g/mol. The van der Waals surface area contributed by atoms with Crippen LogP contribution in [0.5, 0.6) is 11.5 Å². The molecule has 0 aromatic heterocycles. The number of benzene rings is 2. The molecule has 0 spiro atoms.